The Labute approximate surface area is 183 Å². The number of aliphatic hydroxyl groups excluding tert-OH is 1. The van der Waals surface area contributed by atoms with E-state index in [2.05, 4.69) is 26.0 Å². The van der Waals surface area contributed by atoms with Gasteiger partial charge in [-0.2, -0.15) is 5.10 Å². The maximum absolute atomic E-state index is 15.0. The maximum atomic E-state index is 15.0. The second kappa shape index (κ2) is 7.21. The van der Waals surface area contributed by atoms with Crippen LogP contribution in [0, 0.1) is 11.6 Å². The van der Waals surface area contributed by atoms with Gasteiger partial charge in [0.1, 0.15) is 17.3 Å². The van der Waals surface area contributed by atoms with Crippen LogP contribution in [0.2, 0.25) is 0 Å². The van der Waals surface area contributed by atoms with Crippen molar-refractivity contribution in [2.75, 3.05) is 0 Å². The first kappa shape index (κ1) is 19.8. The van der Waals surface area contributed by atoms with Crippen LogP contribution in [0.4, 0.5) is 8.78 Å². The highest BCUT2D eigenvalue weighted by molar-refractivity contribution is 9.10. The highest BCUT2D eigenvalue weighted by Crippen LogP contribution is 2.35. The van der Waals surface area contributed by atoms with E-state index in [1.54, 1.807) is 30.1 Å². The van der Waals surface area contributed by atoms with Crippen LogP contribution in [0.3, 0.4) is 0 Å². The van der Waals surface area contributed by atoms with E-state index >= 15 is 0 Å². The summed E-state index contributed by atoms with van der Waals surface area (Å²) in [6.07, 6.45) is 1.86. The Morgan fingerprint density at radius 1 is 1.16 bits per heavy atom. The number of aromatic nitrogens is 3. The van der Waals surface area contributed by atoms with Gasteiger partial charge in [0.2, 0.25) is 0 Å². The molecule has 1 N–H and O–H groups in total. The largest absolute Gasteiger partial charge is 0.368 e. The molecule has 9 heteroatoms. The number of hydrogen-bond acceptors (Lipinski definition) is 4. The fraction of sp³-hybridized carbons (Fsp3) is 0.136. The van der Waals surface area contributed by atoms with E-state index < -0.39 is 30.3 Å². The van der Waals surface area contributed by atoms with E-state index in [0.29, 0.717) is 21.1 Å². The number of benzene rings is 2. The zero-order chi connectivity index (χ0) is 21.9. The fourth-order valence-electron chi connectivity index (χ4n) is 3.89. The summed E-state index contributed by atoms with van der Waals surface area (Å²) in [4.78, 5) is 17.7. The van der Waals surface area contributed by atoms with Crippen molar-refractivity contribution in [2.24, 2.45) is 7.05 Å². The van der Waals surface area contributed by atoms with Crippen molar-refractivity contribution in [1.29, 1.82) is 0 Å². The molecule has 6 nitrogen and oxygen atoms in total. The van der Waals surface area contributed by atoms with E-state index in [4.69, 9.17) is 0 Å². The predicted molar refractivity (Wildman–Crippen MR) is 113 cm³/mol. The number of aryl methyl sites for hydroxylation is 1. The first-order chi connectivity index (χ1) is 14.8. The van der Waals surface area contributed by atoms with Crippen molar-refractivity contribution in [2.45, 2.75) is 12.8 Å². The Hall–Kier alpha value is -3.17. The average Bonchev–Trinajstić information content (AvgIpc) is 3.21. The third-order valence-electron chi connectivity index (χ3n) is 5.36. The highest BCUT2D eigenvalue weighted by Gasteiger charge is 2.38. The summed E-state index contributed by atoms with van der Waals surface area (Å²) in [7, 11) is 1.78. The molecule has 0 saturated heterocycles. The third kappa shape index (κ3) is 3.21. The molecule has 0 spiro atoms. The van der Waals surface area contributed by atoms with Crippen molar-refractivity contribution in [1.82, 2.24) is 19.7 Å². The van der Waals surface area contributed by atoms with Gasteiger partial charge in [0, 0.05) is 34.9 Å². The number of aliphatic hydroxyl groups is 1. The summed E-state index contributed by atoms with van der Waals surface area (Å²) in [5.74, 6) is -2.15. The lowest BCUT2D eigenvalue weighted by Gasteiger charge is -2.21. The summed E-state index contributed by atoms with van der Waals surface area (Å²) in [6.45, 7) is -0.428. The quantitative estimate of drug-likeness (QED) is 0.469. The van der Waals surface area contributed by atoms with Crippen LogP contribution >= 0.6 is 15.9 Å². The number of carbonyl (C=O) groups excluding carboxylic acids is 1. The Morgan fingerprint density at radius 2 is 1.90 bits per heavy atom. The molecule has 1 atom stereocenters. The topological polar surface area (TPSA) is 71.2 Å². The van der Waals surface area contributed by atoms with Crippen LogP contribution in [0.1, 0.15) is 27.8 Å². The summed E-state index contributed by atoms with van der Waals surface area (Å²) >= 11 is 3.23. The zero-order valence-electron chi connectivity index (χ0n) is 16.2. The summed E-state index contributed by atoms with van der Waals surface area (Å²) in [5, 5.41) is 15.6. The molecule has 2 aromatic carbocycles. The van der Waals surface area contributed by atoms with Crippen molar-refractivity contribution in [3.63, 3.8) is 0 Å². The van der Waals surface area contributed by atoms with Crippen LogP contribution in [0.15, 0.2) is 53.3 Å². The summed E-state index contributed by atoms with van der Waals surface area (Å²) < 4.78 is 32.2. The summed E-state index contributed by atoms with van der Waals surface area (Å²) in [6, 6.07) is 9.36. The molecule has 31 heavy (non-hydrogen) atoms. The lowest BCUT2D eigenvalue weighted by Crippen LogP contribution is -2.28. The average molecular weight is 485 g/mol. The molecule has 0 fully saturated rings. The van der Waals surface area contributed by atoms with Gasteiger partial charge in [-0.3, -0.25) is 14.5 Å². The number of pyridine rings is 1. The molecule has 1 aliphatic heterocycles. The minimum atomic E-state index is -1.38. The molecule has 0 radical (unpaired) electrons. The van der Waals surface area contributed by atoms with Gasteiger partial charge in [-0.05, 0) is 51.3 Å². The summed E-state index contributed by atoms with van der Waals surface area (Å²) in [5.41, 5.74) is 1.78. The molecule has 1 unspecified atom stereocenters. The van der Waals surface area contributed by atoms with E-state index in [0.717, 1.165) is 10.3 Å². The monoisotopic (exact) mass is 484 g/mol. The normalized spacial score (nSPS) is 15.7. The SMILES string of the molecule is Cn1cc2c(-c3cc(F)c(CN4C(=O)c5cc(Br)cnc5C4O)c(F)c3)cccc2n1. The number of carbonyl (C=O) groups is 1. The van der Waals surface area contributed by atoms with Crippen molar-refractivity contribution >= 4 is 32.7 Å². The lowest BCUT2D eigenvalue weighted by molar-refractivity contribution is 0.0111. The molecule has 3 heterocycles. The van der Waals surface area contributed by atoms with Crippen LogP contribution in [0.5, 0.6) is 0 Å². The molecule has 1 aliphatic rings. The Morgan fingerprint density at radius 3 is 2.65 bits per heavy atom. The molecule has 4 aromatic rings. The smallest absolute Gasteiger partial charge is 0.258 e. The highest BCUT2D eigenvalue weighted by atomic mass is 79.9. The third-order valence-corrected chi connectivity index (χ3v) is 5.79. The predicted octanol–water partition coefficient (Wildman–Crippen LogP) is 4.32. The molecule has 0 saturated carbocycles. The lowest BCUT2D eigenvalue weighted by atomic mass is 9.99. The number of fused-ring (bicyclic) bond motifs is 2. The van der Waals surface area contributed by atoms with E-state index in [1.807, 2.05) is 6.07 Å². The van der Waals surface area contributed by atoms with Crippen molar-refractivity contribution in [3.8, 4) is 11.1 Å². The van der Waals surface area contributed by atoms with E-state index in [9.17, 15) is 18.7 Å². The van der Waals surface area contributed by atoms with Crippen molar-refractivity contribution in [3.05, 3.63) is 81.7 Å². The number of nitrogens with zero attached hydrogens (tertiary/aromatic N) is 4. The number of halogens is 3. The standard InChI is InChI=1S/C22H15BrF2N4O2/c1-28-9-15-13(3-2-4-19(15)27-28)11-5-17(24)16(18(25)6-11)10-29-21(30)14-7-12(23)8-26-20(14)22(29)31/h2-9,22,31H,10H2,1H3. The Kier molecular flexibility index (Phi) is 4.60. The molecule has 0 bridgehead atoms. The second-order valence-electron chi connectivity index (χ2n) is 7.35. The van der Waals surface area contributed by atoms with E-state index in [1.165, 1.54) is 24.4 Å². The Balaban J connectivity index is 1.51. The number of hydrogen-bond donors (Lipinski definition) is 1. The van der Waals surface area contributed by atoms with Crippen LogP contribution in [0.25, 0.3) is 22.0 Å². The van der Waals surface area contributed by atoms with Crippen LogP contribution < -0.4 is 0 Å². The fourth-order valence-corrected chi connectivity index (χ4v) is 4.22. The van der Waals surface area contributed by atoms with Gasteiger partial charge in [0.05, 0.1) is 17.6 Å². The number of amides is 1. The molecule has 5 rings (SSSR count). The Bertz CT molecular complexity index is 1350. The molecular formula is C22H15BrF2N4O2. The molecule has 1 amide bonds. The number of rotatable bonds is 3. The zero-order valence-corrected chi connectivity index (χ0v) is 17.8. The molecule has 0 aliphatic carbocycles. The van der Waals surface area contributed by atoms with Gasteiger partial charge in [-0.15, -0.1) is 0 Å². The van der Waals surface area contributed by atoms with Gasteiger partial charge >= 0.3 is 0 Å². The van der Waals surface area contributed by atoms with Gasteiger partial charge in [0.25, 0.3) is 5.91 Å². The molecular weight excluding hydrogens is 470 g/mol. The minimum absolute atomic E-state index is 0.161. The molecule has 2 aromatic heterocycles. The molecule has 156 valence electrons. The first-order valence-corrected chi connectivity index (χ1v) is 10.2. The van der Waals surface area contributed by atoms with Gasteiger partial charge in [0.15, 0.2) is 6.23 Å². The maximum Gasteiger partial charge on any atom is 0.258 e. The van der Waals surface area contributed by atoms with Gasteiger partial charge in [-0.25, -0.2) is 8.78 Å². The van der Waals surface area contributed by atoms with Crippen molar-refractivity contribution < 1.29 is 18.7 Å². The minimum Gasteiger partial charge on any atom is -0.368 e. The van der Waals surface area contributed by atoms with Gasteiger partial charge in [-0.1, -0.05) is 12.1 Å². The van der Waals surface area contributed by atoms with Crippen LogP contribution in [-0.4, -0.2) is 30.7 Å². The second-order valence-corrected chi connectivity index (χ2v) is 8.27. The first-order valence-electron chi connectivity index (χ1n) is 9.38. The van der Waals surface area contributed by atoms with E-state index in [-0.39, 0.29) is 16.8 Å². The van der Waals surface area contributed by atoms with Gasteiger partial charge < -0.3 is 10.0 Å². The van der Waals surface area contributed by atoms with Crippen LogP contribution in [-0.2, 0) is 13.6 Å².